The third kappa shape index (κ3) is 3.61. The van der Waals surface area contributed by atoms with Crippen molar-refractivity contribution in [2.75, 3.05) is 13.1 Å². The summed E-state index contributed by atoms with van der Waals surface area (Å²) in [5, 5.41) is 6.09. The van der Waals surface area contributed by atoms with Crippen LogP contribution in [0.4, 0.5) is 13.2 Å². The second-order valence-corrected chi connectivity index (χ2v) is 6.08. The Bertz CT molecular complexity index is 337. The zero-order valence-corrected chi connectivity index (χ0v) is 11.1. The van der Waals surface area contributed by atoms with Gasteiger partial charge in [-0.2, -0.15) is 13.2 Å². The van der Waals surface area contributed by atoms with Crippen molar-refractivity contribution >= 4 is 5.91 Å². The van der Waals surface area contributed by atoms with Crippen LogP contribution >= 0.6 is 0 Å². The fourth-order valence-corrected chi connectivity index (χ4v) is 3.05. The van der Waals surface area contributed by atoms with Crippen molar-refractivity contribution < 1.29 is 18.0 Å². The maximum Gasteiger partial charge on any atom is 0.391 e. The highest BCUT2D eigenvalue weighted by atomic mass is 19.4. The molecule has 1 amide bonds. The minimum absolute atomic E-state index is 0.0567. The Labute approximate surface area is 111 Å². The molecule has 0 aromatic carbocycles. The molecule has 3 atom stereocenters. The molecule has 1 aliphatic heterocycles. The van der Waals surface area contributed by atoms with Crippen molar-refractivity contribution in [3.63, 3.8) is 0 Å². The number of carbonyl (C=O) groups is 1. The second kappa shape index (κ2) is 5.31. The molecular formula is C13H21F3N2O. The van der Waals surface area contributed by atoms with E-state index in [2.05, 4.69) is 10.6 Å². The summed E-state index contributed by atoms with van der Waals surface area (Å²) in [6.07, 6.45) is -2.18. The van der Waals surface area contributed by atoms with Crippen molar-refractivity contribution in [2.24, 2.45) is 11.8 Å². The number of hydrogen-bond acceptors (Lipinski definition) is 2. The van der Waals surface area contributed by atoms with Gasteiger partial charge >= 0.3 is 6.18 Å². The van der Waals surface area contributed by atoms with E-state index in [0.29, 0.717) is 19.4 Å². The molecule has 0 aromatic rings. The van der Waals surface area contributed by atoms with Gasteiger partial charge in [0.25, 0.3) is 0 Å². The standard InChI is InChI=1S/C13H21F3N2O/c1-12(5-6-17-8-12)18-11(19)9-3-2-4-10(7-9)13(14,15)16/h9-10,17H,2-8H2,1H3,(H,18,19). The van der Waals surface area contributed by atoms with Crippen LogP contribution in [-0.2, 0) is 4.79 Å². The van der Waals surface area contributed by atoms with Crippen LogP contribution in [0.3, 0.4) is 0 Å². The first-order valence-electron chi connectivity index (χ1n) is 6.90. The van der Waals surface area contributed by atoms with E-state index in [4.69, 9.17) is 0 Å². The first-order valence-corrected chi connectivity index (χ1v) is 6.90. The molecule has 3 unspecified atom stereocenters. The predicted molar refractivity (Wildman–Crippen MR) is 65.5 cm³/mol. The number of alkyl halides is 3. The van der Waals surface area contributed by atoms with Gasteiger partial charge in [0.1, 0.15) is 0 Å². The first-order chi connectivity index (χ1) is 8.80. The first kappa shape index (κ1) is 14.6. The molecule has 6 heteroatoms. The zero-order valence-electron chi connectivity index (χ0n) is 11.1. The Morgan fingerprint density at radius 3 is 2.68 bits per heavy atom. The molecule has 0 spiro atoms. The van der Waals surface area contributed by atoms with E-state index in [-0.39, 0.29) is 24.3 Å². The van der Waals surface area contributed by atoms with E-state index >= 15 is 0 Å². The SMILES string of the molecule is CC1(NC(=O)C2CCCC(C(F)(F)F)C2)CCNC1. The molecule has 1 aliphatic carbocycles. The molecule has 0 aromatic heterocycles. The highest BCUT2D eigenvalue weighted by molar-refractivity contribution is 5.79. The summed E-state index contributed by atoms with van der Waals surface area (Å²) in [6.45, 7) is 3.47. The molecule has 2 N–H and O–H groups in total. The monoisotopic (exact) mass is 278 g/mol. The Balaban J connectivity index is 1.92. The summed E-state index contributed by atoms with van der Waals surface area (Å²) in [5.74, 6) is -2.01. The van der Waals surface area contributed by atoms with Crippen LogP contribution in [0, 0.1) is 11.8 Å². The van der Waals surface area contributed by atoms with Gasteiger partial charge in [-0.25, -0.2) is 0 Å². The lowest BCUT2D eigenvalue weighted by atomic mass is 9.80. The number of nitrogens with one attached hydrogen (secondary N) is 2. The van der Waals surface area contributed by atoms with Crippen molar-refractivity contribution in [3.8, 4) is 0 Å². The van der Waals surface area contributed by atoms with Crippen LogP contribution in [0.15, 0.2) is 0 Å². The summed E-state index contributed by atoms with van der Waals surface area (Å²) >= 11 is 0. The number of halogens is 3. The Hall–Kier alpha value is -0.780. The van der Waals surface area contributed by atoms with E-state index in [1.54, 1.807) is 0 Å². The van der Waals surface area contributed by atoms with Crippen LogP contribution in [0.5, 0.6) is 0 Å². The maximum absolute atomic E-state index is 12.7. The van der Waals surface area contributed by atoms with E-state index in [1.807, 2.05) is 6.92 Å². The Morgan fingerprint density at radius 1 is 1.37 bits per heavy atom. The largest absolute Gasteiger partial charge is 0.391 e. The Morgan fingerprint density at radius 2 is 2.11 bits per heavy atom. The number of rotatable bonds is 2. The minimum Gasteiger partial charge on any atom is -0.349 e. The summed E-state index contributed by atoms with van der Waals surface area (Å²) in [6, 6.07) is 0. The molecule has 2 aliphatic rings. The van der Waals surface area contributed by atoms with E-state index < -0.39 is 18.0 Å². The maximum atomic E-state index is 12.7. The quantitative estimate of drug-likeness (QED) is 0.813. The van der Waals surface area contributed by atoms with Crippen molar-refractivity contribution in [1.82, 2.24) is 10.6 Å². The van der Waals surface area contributed by atoms with Gasteiger partial charge in [0.15, 0.2) is 0 Å². The van der Waals surface area contributed by atoms with Crippen LogP contribution in [0.1, 0.15) is 39.0 Å². The fraction of sp³-hybridized carbons (Fsp3) is 0.923. The average Bonchev–Trinajstić information content (AvgIpc) is 2.75. The number of carbonyl (C=O) groups excluding carboxylic acids is 1. The normalized spacial score (nSPS) is 36.2. The van der Waals surface area contributed by atoms with Gasteiger partial charge in [0.2, 0.25) is 5.91 Å². The third-order valence-electron chi connectivity index (χ3n) is 4.30. The lowest BCUT2D eigenvalue weighted by Gasteiger charge is -2.32. The molecule has 1 heterocycles. The van der Waals surface area contributed by atoms with Crippen LogP contribution in [-0.4, -0.2) is 30.7 Å². The second-order valence-electron chi connectivity index (χ2n) is 6.08. The molecule has 3 nitrogen and oxygen atoms in total. The van der Waals surface area contributed by atoms with Gasteiger partial charge in [-0.1, -0.05) is 6.42 Å². The lowest BCUT2D eigenvalue weighted by molar-refractivity contribution is -0.186. The van der Waals surface area contributed by atoms with E-state index in [0.717, 1.165) is 13.0 Å². The summed E-state index contributed by atoms with van der Waals surface area (Å²) in [5.41, 5.74) is -0.303. The molecule has 0 bridgehead atoms. The van der Waals surface area contributed by atoms with Gasteiger partial charge in [-0.15, -0.1) is 0 Å². The highest BCUT2D eigenvalue weighted by Crippen LogP contribution is 2.40. The van der Waals surface area contributed by atoms with Crippen LogP contribution in [0.25, 0.3) is 0 Å². The predicted octanol–water partition coefficient (Wildman–Crippen LogP) is 2.22. The average molecular weight is 278 g/mol. The third-order valence-corrected chi connectivity index (χ3v) is 4.30. The minimum atomic E-state index is -4.17. The van der Waals surface area contributed by atoms with Crippen molar-refractivity contribution in [2.45, 2.75) is 50.7 Å². The lowest BCUT2D eigenvalue weighted by Crippen LogP contribution is -2.50. The topological polar surface area (TPSA) is 41.1 Å². The van der Waals surface area contributed by atoms with Gasteiger partial charge in [0.05, 0.1) is 11.5 Å². The Kier molecular flexibility index (Phi) is 4.08. The van der Waals surface area contributed by atoms with Gasteiger partial charge in [-0.3, -0.25) is 4.79 Å². The molecule has 1 saturated heterocycles. The molecule has 110 valence electrons. The zero-order chi connectivity index (χ0) is 14.1. The summed E-state index contributed by atoms with van der Waals surface area (Å²) < 4.78 is 38.1. The number of amides is 1. The smallest absolute Gasteiger partial charge is 0.349 e. The van der Waals surface area contributed by atoms with Gasteiger partial charge in [0, 0.05) is 12.5 Å². The van der Waals surface area contributed by atoms with Gasteiger partial charge < -0.3 is 10.6 Å². The summed E-state index contributed by atoms with van der Waals surface area (Å²) in [7, 11) is 0. The van der Waals surface area contributed by atoms with Crippen molar-refractivity contribution in [1.29, 1.82) is 0 Å². The van der Waals surface area contributed by atoms with Crippen LogP contribution in [0.2, 0.25) is 0 Å². The van der Waals surface area contributed by atoms with E-state index in [1.165, 1.54) is 0 Å². The summed E-state index contributed by atoms with van der Waals surface area (Å²) in [4.78, 5) is 12.1. The molecular weight excluding hydrogens is 257 g/mol. The molecule has 1 saturated carbocycles. The molecule has 2 fully saturated rings. The van der Waals surface area contributed by atoms with E-state index in [9.17, 15) is 18.0 Å². The highest BCUT2D eigenvalue weighted by Gasteiger charge is 2.44. The van der Waals surface area contributed by atoms with Gasteiger partial charge in [-0.05, 0) is 39.2 Å². The van der Waals surface area contributed by atoms with Crippen LogP contribution < -0.4 is 10.6 Å². The molecule has 19 heavy (non-hydrogen) atoms. The molecule has 0 radical (unpaired) electrons. The number of hydrogen-bond donors (Lipinski definition) is 2. The molecule has 2 rings (SSSR count). The van der Waals surface area contributed by atoms with Crippen molar-refractivity contribution in [3.05, 3.63) is 0 Å². The fourth-order valence-electron chi connectivity index (χ4n) is 3.05.